The summed E-state index contributed by atoms with van der Waals surface area (Å²) in [5.41, 5.74) is 1.43. The van der Waals surface area contributed by atoms with E-state index in [4.69, 9.17) is 0 Å². The number of amidine groups is 1. The summed E-state index contributed by atoms with van der Waals surface area (Å²) in [7, 11) is 4.06. The predicted molar refractivity (Wildman–Crippen MR) is 49.0 cm³/mol. The van der Waals surface area contributed by atoms with Crippen LogP contribution < -0.4 is 0 Å². The molecule has 0 spiro atoms. The summed E-state index contributed by atoms with van der Waals surface area (Å²) in [5, 5.41) is 0. The molecule has 1 atom stereocenters. The van der Waals surface area contributed by atoms with Crippen LogP contribution in [0.4, 0.5) is 0 Å². The lowest BCUT2D eigenvalue weighted by atomic mass is 10.1. The predicted octanol–water partition coefficient (Wildman–Crippen LogP) is 1.69. The Labute approximate surface area is 68.6 Å². The Morgan fingerprint density at radius 1 is 1.55 bits per heavy atom. The Morgan fingerprint density at radius 2 is 2.18 bits per heavy atom. The van der Waals surface area contributed by atoms with Gasteiger partial charge in [-0.25, -0.2) is 0 Å². The zero-order chi connectivity index (χ0) is 8.43. The average molecular weight is 152 g/mol. The molecule has 0 N–H and O–H groups in total. The summed E-state index contributed by atoms with van der Waals surface area (Å²) in [6.45, 7) is 4.31. The van der Waals surface area contributed by atoms with Crippen molar-refractivity contribution in [2.75, 3.05) is 14.1 Å². The molecule has 0 aromatic carbocycles. The zero-order valence-corrected chi connectivity index (χ0v) is 7.76. The fourth-order valence-corrected chi connectivity index (χ4v) is 1.30. The fraction of sp³-hybridized carbons (Fsp3) is 0.667. The van der Waals surface area contributed by atoms with Crippen LogP contribution in [-0.2, 0) is 0 Å². The molecule has 0 saturated heterocycles. The second kappa shape index (κ2) is 3.07. The van der Waals surface area contributed by atoms with Crippen molar-refractivity contribution in [2.45, 2.75) is 26.3 Å². The quantitative estimate of drug-likeness (QED) is 0.515. The molecule has 0 unspecified atom stereocenters. The molecule has 0 radical (unpaired) electrons. The third kappa shape index (κ3) is 2.07. The van der Waals surface area contributed by atoms with Gasteiger partial charge < -0.3 is 4.90 Å². The van der Waals surface area contributed by atoms with E-state index in [1.807, 2.05) is 14.1 Å². The minimum absolute atomic E-state index is 0.456. The number of rotatable bonds is 0. The van der Waals surface area contributed by atoms with E-state index in [0.717, 1.165) is 12.3 Å². The van der Waals surface area contributed by atoms with E-state index in [2.05, 4.69) is 29.8 Å². The summed E-state index contributed by atoms with van der Waals surface area (Å²) >= 11 is 0. The third-order valence-corrected chi connectivity index (χ3v) is 1.80. The lowest BCUT2D eigenvalue weighted by molar-refractivity contribution is 0.598. The Kier molecular flexibility index (Phi) is 2.32. The lowest BCUT2D eigenvalue weighted by Crippen LogP contribution is -2.24. The largest absolute Gasteiger partial charge is 0.363 e. The van der Waals surface area contributed by atoms with Crippen molar-refractivity contribution in [1.29, 1.82) is 0 Å². The fourth-order valence-electron chi connectivity index (χ4n) is 1.30. The summed E-state index contributed by atoms with van der Waals surface area (Å²) in [4.78, 5) is 6.55. The van der Waals surface area contributed by atoms with Crippen molar-refractivity contribution in [2.24, 2.45) is 4.99 Å². The molecule has 0 bridgehead atoms. The van der Waals surface area contributed by atoms with Crippen LogP contribution in [0.2, 0.25) is 0 Å². The molecule has 1 aliphatic rings. The van der Waals surface area contributed by atoms with Gasteiger partial charge in [-0.15, -0.1) is 0 Å². The Bertz CT molecular complexity index is 202. The van der Waals surface area contributed by atoms with Crippen molar-refractivity contribution in [3.63, 3.8) is 0 Å². The van der Waals surface area contributed by atoms with E-state index >= 15 is 0 Å². The van der Waals surface area contributed by atoms with Crippen LogP contribution in [0, 0.1) is 0 Å². The molecule has 1 aliphatic heterocycles. The SMILES string of the molecule is CC1=CC(N(C)C)=N[C@@H](C)C1. The van der Waals surface area contributed by atoms with Crippen LogP contribution in [-0.4, -0.2) is 30.9 Å². The van der Waals surface area contributed by atoms with Gasteiger partial charge in [0.1, 0.15) is 5.84 Å². The first-order valence-corrected chi connectivity index (χ1v) is 4.02. The van der Waals surface area contributed by atoms with E-state index in [0.29, 0.717) is 6.04 Å². The molecule has 0 aromatic rings. The summed E-state index contributed by atoms with van der Waals surface area (Å²) < 4.78 is 0. The summed E-state index contributed by atoms with van der Waals surface area (Å²) in [6, 6.07) is 0.456. The van der Waals surface area contributed by atoms with Gasteiger partial charge in [0, 0.05) is 14.1 Å². The van der Waals surface area contributed by atoms with Crippen molar-refractivity contribution >= 4 is 5.84 Å². The van der Waals surface area contributed by atoms with Gasteiger partial charge in [0.05, 0.1) is 6.04 Å². The third-order valence-electron chi connectivity index (χ3n) is 1.80. The van der Waals surface area contributed by atoms with Gasteiger partial charge in [-0.3, -0.25) is 4.99 Å². The minimum atomic E-state index is 0.456. The molecule has 0 saturated carbocycles. The second-order valence-electron chi connectivity index (χ2n) is 3.43. The van der Waals surface area contributed by atoms with Crippen molar-refractivity contribution in [3.05, 3.63) is 11.6 Å². The minimum Gasteiger partial charge on any atom is -0.363 e. The van der Waals surface area contributed by atoms with E-state index in [9.17, 15) is 0 Å². The summed E-state index contributed by atoms with van der Waals surface area (Å²) in [5.74, 6) is 1.10. The highest BCUT2D eigenvalue weighted by Gasteiger charge is 2.10. The number of likely N-dealkylation sites (N-methyl/N-ethyl adjacent to an activating group) is 1. The van der Waals surface area contributed by atoms with Gasteiger partial charge in [-0.1, -0.05) is 5.57 Å². The highest BCUT2D eigenvalue weighted by molar-refractivity contribution is 5.93. The number of dihydropyridines is 1. The highest BCUT2D eigenvalue weighted by Crippen LogP contribution is 2.13. The second-order valence-corrected chi connectivity index (χ2v) is 3.43. The van der Waals surface area contributed by atoms with Gasteiger partial charge in [0.25, 0.3) is 0 Å². The molecule has 0 amide bonds. The zero-order valence-electron chi connectivity index (χ0n) is 7.76. The van der Waals surface area contributed by atoms with E-state index in [-0.39, 0.29) is 0 Å². The molecule has 0 aliphatic carbocycles. The maximum Gasteiger partial charge on any atom is 0.123 e. The Balaban J connectivity index is 2.78. The van der Waals surface area contributed by atoms with Gasteiger partial charge in [0.15, 0.2) is 0 Å². The topological polar surface area (TPSA) is 15.6 Å². The molecule has 11 heavy (non-hydrogen) atoms. The normalized spacial score (nSPS) is 24.2. The molecule has 62 valence electrons. The molecular formula is C9H16N2. The van der Waals surface area contributed by atoms with Crippen LogP contribution in [0.15, 0.2) is 16.6 Å². The van der Waals surface area contributed by atoms with Crippen molar-refractivity contribution in [1.82, 2.24) is 4.90 Å². The van der Waals surface area contributed by atoms with Gasteiger partial charge >= 0.3 is 0 Å². The monoisotopic (exact) mass is 152 g/mol. The molecule has 0 fully saturated rings. The average Bonchev–Trinajstić information content (AvgIpc) is 1.85. The standard InChI is InChI=1S/C9H16N2/c1-7-5-8(2)10-9(6-7)11(3)4/h6,8H,5H2,1-4H3/t8-/m0/s1. The van der Waals surface area contributed by atoms with Gasteiger partial charge in [-0.2, -0.15) is 0 Å². The highest BCUT2D eigenvalue weighted by atomic mass is 15.1. The first-order valence-electron chi connectivity index (χ1n) is 4.02. The molecular weight excluding hydrogens is 136 g/mol. The van der Waals surface area contributed by atoms with Crippen molar-refractivity contribution in [3.8, 4) is 0 Å². The lowest BCUT2D eigenvalue weighted by Gasteiger charge is -2.20. The maximum atomic E-state index is 4.50. The van der Waals surface area contributed by atoms with Gasteiger partial charge in [0.2, 0.25) is 0 Å². The van der Waals surface area contributed by atoms with Crippen molar-refractivity contribution < 1.29 is 0 Å². The van der Waals surface area contributed by atoms with Crippen LogP contribution >= 0.6 is 0 Å². The van der Waals surface area contributed by atoms with E-state index in [1.54, 1.807) is 0 Å². The first-order chi connectivity index (χ1) is 5.09. The van der Waals surface area contributed by atoms with Crippen LogP contribution in [0.3, 0.4) is 0 Å². The summed E-state index contributed by atoms with van der Waals surface area (Å²) in [6.07, 6.45) is 3.26. The van der Waals surface area contributed by atoms with E-state index < -0.39 is 0 Å². The Morgan fingerprint density at radius 3 is 2.64 bits per heavy atom. The Hall–Kier alpha value is -0.790. The van der Waals surface area contributed by atoms with Crippen LogP contribution in [0.5, 0.6) is 0 Å². The number of aliphatic imine (C=N–C) groups is 1. The number of hydrogen-bond donors (Lipinski definition) is 0. The molecule has 1 heterocycles. The smallest absolute Gasteiger partial charge is 0.123 e. The molecule has 2 nitrogen and oxygen atoms in total. The van der Waals surface area contributed by atoms with Gasteiger partial charge in [-0.05, 0) is 26.3 Å². The number of hydrogen-bond acceptors (Lipinski definition) is 2. The maximum absolute atomic E-state index is 4.50. The van der Waals surface area contributed by atoms with Crippen LogP contribution in [0.1, 0.15) is 20.3 Å². The van der Waals surface area contributed by atoms with Crippen LogP contribution in [0.25, 0.3) is 0 Å². The number of nitrogens with zero attached hydrogens (tertiary/aromatic N) is 2. The van der Waals surface area contributed by atoms with E-state index in [1.165, 1.54) is 5.57 Å². The first kappa shape index (κ1) is 8.31. The molecule has 0 aromatic heterocycles. The molecule has 2 heteroatoms. The molecule has 1 rings (SSSR count).